The molecule has 3 heteroatoms. The van der Waals surface area contributed by atoms with Gasteiger partial charge in [0.1, 0.15) is 0 Å². The van der Waals surface area contributed by atoms with E-state index in [1.165, 1.54) is 18.5 Å². The number of benzene rings is 1. The first kappa shape index (κ1) is 23.1. The number of nitrogens with zero attached hydrogens (tertiary/aromatic N) is 1. The molecule has 1 rings (SSSR count). The lowest BCUT2D eigenvalue weighted by atomic mass is 10.1. The Hall–Kier alpha value is -1.22. The third kappa shape index (κ3) is 8.93. The van der Waals surface area contributed by atoms with E-state index in [9.17, 15) is 0 Å². The van der Waals surface area contributed by atoms with Gasteiger partial charge < -0.3 is 14.4 Å². The Labute approximate surface area is 138 Å². The van der Waals surface area contributed by atoms with E-state index < -0.39 is 0 Å². The van der Waals surface area contributed by atoms with Crippen LogP contribution in [0, 0.1) is 0 Å². The summed E-state index contributed by atoms with van der Waals surface area (Å²) in [4.78, 5) is 2.47. The highest BCUT2D eigenvalue weighted by atomic mass is 16.5. The lowest BCUT2D eigenvalue weighted by Crippen LogP contribution is -2.26. The smallest absolute Gasteiger partial charge is 0.160 e. The first-order valence-corrected chi connectivity index (χ1v) is 8.68. The highest BCUT2D eigenvalue weighted by molar-refractivity contribution is 5.42. The third-order valence-corrected chi connectivity index (χ3v) is 3.15. The van der Waals surface area contributed by atoms with Crippen LogP contribution >= 0.6 is 0 Å². The first-order valence-electron chi connectivity index (χ1n) is 8.68. The summed E-state index contributed by atoms with van der Waals surface area (Å²) in [6.45, 7) is 15.8. The topological polar surface area (TPSA) is 21.7 Å². The summed E-state index contributed by atoms with van der Waals surface area (Å²) in [5.41, 5.74) is 1.29. The summed E-state index contributed by atoms with van der Waals surface area (Å²) in [7, 11) is 3.34. The molecule has 0 aliphatic carbocycles. The molecule has 0 saturated carbocycles. The zero-order valence-corrected chi connectivity index (χ0v) is 16.0. The van der Waals surface area contributed by atoms with Crippen LogP contribution < -0.4 is 9.47 Å². The maximum Gasteiger partial charge on any atom is 0.160 e. The van der Waals surface area contributed by atoms with Crippen LogP contribution in [0.15, 0.2) is 18.2 Å². The average molecular weight is 312 g/mol. The van der Waals surface area contributed by atoms with Crippen molar-refractivity contribution in [3.8, 4) is 11.5 Å². The van der Waals surface area contributed by atoms with Gasteiger partial charge in [0.05, 0.1) is 14.2 Å². The van der Waals surface area contributed by atoms with Crippen LogP contribution in [0.1, 0.15) is 53.5 Å². The zero-order chi connectivity index (χ0) is 17.4. The minimum absolute atomic E-state index is 0.794. The molecule has 0 aromatic heterocycles. The number of methoxy groups -OCH3 is 2. The van der Waals surface area contributed by atoms with Gasteiger partial charge in [-0.15, -0.1) is 0 Å². The summed E-state index contributed by atoms with van der Waals surface area (Å²) < 4.78 is 10.6. The molecule has 0 aliphatic heterocycles. The maximum atomic E-state index is 5.32. The quantitative estimate of drug-likeness (QED) is 0.672. The Morgan fingerprint density at radius 1 is 0.864 bits per heavy atom. The standard InChI is InChI=1S/C15H25NO2.2C2H6/c1-5-10-16(6-2)11-9-13-7-8-14(17-3)15(12-13)18-4;2*1-2/h7-8,12H,5-6,9-11H2,1-4H3;2*1-2H3. The summed E-state index contributed by atoms with van der Waals surface area (Å²) in [5, 5.41) is 0. The van der Waals surface area contributed by atoms with Crippen molar-refractivity contribution in [3.63, 3.8) is 0 Å². The van der Waals surface area contributed by atoms with Crippen molar-refractivity contribution < 1.29 is 9.47 Å². The van der Waals surface area contributed by atoms with Gasteiger partial charge in [-0.05, 0) is 43.6 Å². The second-order valence-electron chi connectivity index (χ2n) is 4.37. The normalized spacial score (nSPS) is 9.32. The van der Waals surface area contributed by atoms with E-state index in [-0.39, 0.29) is 0 Å². The fraction of sp³-hybridized carbons (Fsp3) is 0.684. The Balaban J connectivity index is 0. The van der Waals surface area contributed by atoms with Crippen LogP contribution in [0.5, 0.6) is 11.5 Å². The molecule has 0 amide bonds. The van der Waals surface area contributed by atoms with E-state index in [4.69, 9.17) is 9.47 Å². The molecule has 0 atom stereocenters. The van der Waals surface area contributed by atoms with Crippen molar-refractivity contribution in [1.29, 1.82) is 0 Å². The predicted molar refractivity (Wildman–Crippen MR) is 98.4 cm³/mol. The van der Waals surface area contributed by atoms with Gasteiger partial charge in [0.15, 0.2) is 11.5 Å². The summed E-state index contributed by atoms with van der Waals surface area (Å²) in [5.74, 6) is 1.61. The van der Waals surface area contributed by atoms with Crippen molar-refractivity contribution >= 4 is 0 Å². The van der Waals surface area contributed by atoms with E-state index in [0.29, 0.717) is 0 Å². The van der Waals surface area contributed by atoms with Crippen molar-refractivity contribution in [1.82, 2.24) is 4.90 Å². The molecular formula is C19H37NO2. The third-order valence-electron chi connectivity index (χ3n) is 3.15. The monoisotopic (exact) mass is 311 g/mol. The molecule has 0 saturated heterocycles. The van der Waals surface area contributed by atoms with E-state index >= 15 is 0 Å². The largest absolute Gasteiger partial charge is 0.493 e. The van der Waals surface area contributed by atoms with Crippen molar-refractivity contribution in [2.45, 2.75) is 54.4 Å². The fourth-order valence-electron chi connectivity index (χ4n) is 2.07. The molecule has 0 N–H and O–H groups in total. The second kappa shape index (κ2) is 16.2. The van der Waals surface area contributed by atoms with Crippen LogP contribution in [0.3, 0.4) is 0 Å². The molecule has 0 radical (unpaired) electrons. The van der Waals surface area contributed by atoms with E-state index in [1.807, 2.05) is 33.8 Å². The Morgan fingerprint density at radius 2 is 1.45 bits per heavy atom. The molecule has 0 bridgehead atoms. The number of ether oxygens (including phenoxy) is 2. The van der Waals surface area contributed by atoms with Crippen LogP contribution in [0.2, 0.25) is 0 Å². The highest BCUT2D eigenvalue weighted by Gasteiger charge is 2.06. The van der Waals surface area contributed by atoms with Crippen LogP contribution in [0.25, 0.3) is 0 Å². The summed E-state index contributed by atoms with van der Waals surface area (Å²) in [6, 6.07) is 6.16. The molecular weight excluding hydrogens is 274 g/mol. The van der Waals surface area contributed by atoms with Crippen molar-refractivity contribution in [3.05, 3.63) is 23.8 Å². The van der Waals surface area contributed by atoms with Crippen LogP contribution in [0.4, 0.5) is 0 Å². The minimum Gasteiger partial charge on any atom is -0.493 e. The van der Waals surface area contributed by atoms with Gasteiger partial charge in [-0.2, -0.15) is 0 Å². The van der Waals surface area contributed by atoms with Gasteiger partial charge in [-0.3, -0.25) is 0 Å². The van der Waals surface area contributed by atoms with Crippen molar-refractivity contribution in [2.75, 3.05) is 33.9 Å². The van der Waals surface area contributed by atoms with Gasteiger partial charge in [0, 0.05) is 6.54 Å². The number of rotatable bonds is 8. The summed E-state index contributed by atoms with van der Waals surface area (Å²) >= 11 is 0. The maximum absolute atomic E-state index is 5.32. The van der Waals surface area contributed by atoms with Gasteiger partial charge >= 0.3 is 0 Å². The van der Waals surface area contributed by atoms with Crippen LogP contribution in [-0.2, 0) is 6.42 Å². The van der Waals surface area contributed by atoms with Crippen molar-refractivity contribution in [2.24, 2.45) is 0 Å². The Kier molecular flexibility index (Phi) is 16.9. The zero-order valence-electron chi connectivity index (χ0n) is 16.0. The summed E-state index contributed by atoms with van der Waals surface area (Å²) in [6.07, 6.45) is 2.26. The van der Waals surface area contributed by atoms with Gasteiger partial charge in [-0.1, -0.05) is 47.6 Å². The second-order valence-corrected chi connectivity index (χ2v) is 4.37. The Morgan fingerprint density at radius 3 is 1.91 bits per heavy atom. The first-order chi connectivity index (χ1) is 10.7. The minimum atomic E-state index is 0.794. The van der Waals surface area contributed by atoms with Gasteiger partial charge in [0.25, 0.3) is 0 Å². The highest BCUT2D eigenvalue weighted by Crippen LogP contribution is 2.27. The van der Waals surface area contributed by atoms with Gasteiger partial charge in [0.2, 0.25) is 0 Å². The number of likely N-dealkylation sites (N-methyl/N-ethyl adjacent to an activating group) is 1. The molecule has 3 nitrogen and oxygen atoms in total. The molecule has 0 fully saturated rings. The SMILES string of the molecule is CC.CC.CCCN(CC)CCc1ccc(OC)c(OC)c1. The fourth-order valence-corrected chi connectivity index (χ4v) is 2.07. The molecule has 0 aliphatic rings. The lowest BCUT2D eigenvalue weighted by Gasteiger charge is -2.19. The molecule has 0 unspecified atom stereocenters. The average Bonchev–Trinajstić information content (AvgIpc) is 2.61. The van der Waals surface area contributed by atoms with E-state index in [2.05, 4.69) is 30.9 Å². The molecule has 130 valence electrons. The number of hydrogen-bond acceptors (Lipinski definition) is 3. The molecule has 1 aromatic rings. The number of hydrogen-bond donors (Lipinski definition) is 0. The van der Waals surface area contributed by atoms with E-state index in [0.717, 1.165) is 31.0 Å². The van der Waals surface area contributed by atoms with Crippen LogP contribution in [-0.4, -0.2) is 38.8 Å². The van der Waals surface area contributed by atoms with E-state index in [1.54, 1.807) is 14.2 Å². The Bertz CT molecular complexity index is 353. The molecule has 1 aromatic carbocycles. The predicted octanol–water partition coefficient (Wildman–Crippen LogP) is 5.03. The van der Waals surface area contributed by atoms with Gasteiger partial charge in [-0.25, -0.2) is 0 Å². The molecule has 0 heterocycles. The molecule has 0 spiro atoms. The lowest BCUT2D eigenvalue weighted by molar-refractivity contribution is 0.292. The molecule has 22 heavy (non-hydrogen) atoms.